The second kappa shape index (κ2) is 7.73. The summed E-state index contributed by atoms with van der Waals surface area (Å²) < 4.78 is 9.31. The Labute approximate surface area is 121 Å². The molecule has 0 saturated heterocycles. The number of nitrogens with zero attached hydrogens (tertiary/aromatic N) is 1. The summed E-state index contributed by atoms with van der Waals surface area (Å²) in [4.78, 5) is 35.3. The Bertz CT molecular complexity index is 514. The maximum Gasteiger partial charge on any atom is 0.436 e. The summed E-state index contributed by atoms with van der Waals surface area (Å²) in [6.45, 7) is 3.25. The number of imide groups is 1. The van der Waals surface area contributed by atoms with E-state index in [9.17, 15) is 19.5 Å². The average molecular weight is 296 g/mol. The van der Waals surface area contributed by atoms with Crippen LogP contribution in [0.4, 0.5) is 9.59 Å². The van der Waals surface area contributed by atoms with Gasteiger partial charge in [-0.25, -0.2) is 15.0 Å². The van der Waals surface area contributed by atoms with Gasteiger partial charge in [-0.1, -0.05) is 0 Å². The molecule has 8 nitrogen and oxygen atoms in total. The Morgan fingerprint density at radius 3 is 2.19 bits per heavy atom. The van der Waals surface area contributed by atoms with E-state index in [1.165, 1.54) is 24.3 Å². The van der Waals surface area contributed by atoms with Crippen LogP contribution in [0, 0.1) is 0 Å². The molecule has 0 aliphatic heterocycles. The maximum atomic E-state index is 12.2. The molecule has 2 N–H and O–H groups in total. The van der Waals surface area contributed by atoms with E-state index in [0.717, 1.165) is 0 Å². The van der Waals surface area contributed by atoms with E-state index in [0.29, 0.717) is 5.01 Å². The molecule has 0 radical (unpaired) electrons. The standard InChI is InChI=1S/C13H16N2O6/c1-3-20-12(18)14-15(13(19)21-4-2)11(17)9-5-7-10(16)8-6-9/h5-8,16H,3-4H2,1-2H3,(H,14,18). The van der Waals surface area contributed by atoms with Gasteiger partial charge in [0.05, 0.1) is 13.2 Å². The number of aromatic hydroxyl groups is 1. The second-order valence-electron chi connectivity index (χ2n) is 3.72. The van der Waals surface area contributed by atoms with Crippen molar-refractivity contribution in [1.29, 1.82) is 0 Å². The van der Waals surface area contributed by atoms with E-state index in [-0.39, 0.29) is 24.5 Å². The van der Waals surface area contributed by atoms with Gasteiger partial charge in [-0.3, -0.25) is 4.79 Å². The summed E-state index contributed by atoms with van der Waals surface area (Å²) in [7, 11) is 0. The topological polar surface area (TPSA) is 105 Å². The Balaban J connectivity index is 2.93. The molecule has 1 aromatic carbocycles. The fourth-order valence-electron chi connectivity index (χ4n) is 1.36. The Morgan fingerprint density at radius 1 is 1.10 bits per heavy atom. The van der Waals surface area contributed by atoms with Crippen LogP contribution in [0.15, 0.2) is 24.3 Å². The highest BCUT2D eigenvalue weighted by atomic mass is 16.6. The van der Waals surface area contributed by atoms with Crippen molar-refractivity contribution in [2.45, 2.75) is 13.8 Å². The third-order valence-corrected chi connectivity index (χ3v) is 2.25. The molecule has 8 heteroatoms. The number of phenols is 1. The van der Waals surface area contributed by atoms with E-state index in [1.807, 2.05) is 5.43 Å². The summed E-state index contributed by atoms with van der Waals surface area (Å²) in [5.74, 6) is -0.853. The largest absolute Gasteiger partial charge is 0.508 e. The molecule has 1 aromatic rings. The van der Waals surface area contributed by atoms with Gasteiger partial charge in [0.15, 0.2) is 0 Å². The van der Waals surface area contributed by atoms with Crippen LogP contribution in [0.2, 0.25) is 0 Å². The number of hydrogen-bond acceptors (Lipinski definition) is 6. The van der Waals surface area contributed by atoms with Crippen molar-refractivity contribution < 1.29 is 29.0 Å². The number of benzene rings is 1. The molecule has 0 fully saturated rings. The maximum absolute atomic E-state index is 12.2. The van der Waals surface area contributed by atoms with Crippen LogP contribution < -0.4 is 5.43 Å². The van der Waals surface area contributed by atoms with Gasteiger partial charge in [0, 0.05) is 5.56 Å². The lowest BCUT2D eigenvalue weighted by molar-refractivity contribution is 0.0521. The van der Waals surface area contributed by atoms with Crippen LogP contribution in [0.25, 0.3) is 0 Å². The average Bonchev–Trinajstić information content (AvgIpc) is 2.45. The highest BCUT2D eigenvalue weighted by Gasteiger charge is 2.26. The van der Waals surface area contributed by atoms with E-state index in [1.54, 1.807) is 13.8 Å². The summed E-state index contributed by atoms with van der Waals surface area (Å²) >= 11 is 0. The molecule has 0 spiro atoms. The Kier molecular flexibility index (Phi) is 5.99. The van der Waals surface area contributed by atoms with Crippen LogP contribution in [-0.4, -0.2) is 41.4 Å². The lowest BCUT2D eigenvalue weighted by Gasteiger charge is -2.20. The van der Waals surface area contributed by atoms with Gasteiger partial charge in [0.1, 0.15) is 5.75 Å². The first-order chi connectivity index (χ1) is 9.99. The molecule has 0 saturated carbocycles. The lowest BCUT2D eigenvalue weighted by atomic mass is 10.2. The van der Waals surface area contributed by atoms with Crippen LogP contribution >= 0.6 is 0 Å². The van der Waals surface area contributed by atoms with Crippen molar-refractivity contribution >= 4 is 18.1 Å². The van der Waals surface area contributed by atoms with Gasteiger partial charge < -0.3 is 14.6 Å². The number of carbonyl (C=O) groups is 3. The fraction of sp³-hybridized carbons (Fsp3) is 0.308. The minimum atomic E-state index is -1.04. The zero-order chi connectivity index (χ0) is 15.8. The minimum absolute atomic E-state index is 0.0305. The van der Waals surface area contributed by atoms with Crippen LogP contribution in [-0.2, 0) is 9.47 Å². The van der Waals surface area contributed by atoms with Crippen molar-refractivity contribution in [2.24, 2.45) is 0 Å². The summed E-state index contributed by atoms with van der Waals surface area (Å²) in [6, 6.07) is 5.16. The molecule has 3 amide bonds. The van der Waals surface area contributed by atoms with Crippen LogP contribution in [0.1, 0.15) is 24.2 Å². The Morgan fingerprint density at radius 2 is 1.67 bits per heavy atom. The number of rotatable bonds is 3. The van der Waals surface area contributed by atoms with Gasteiger partial charge >= 0.3 is 12.2 Å². The molecule has 0 aliphatic rings. The molecule has 0 aromatic heterocycles. The SMILES string of the molecule is CCOC(=O)NN(C(=O)OCC)C(=O)c1ccc(O)cc1. The first kappa shape index (κ1) is 16.3. The number of carbonyl (C=O) groups excluding carboxylic acids is 3. The summed E-state index contributed by atoms with van der Waals surface area (Å²) in [5.41, 5.74) is 2.08. The van der Waals surface area contributed by atoms with Crippen molar-refractivity contribution in [2.75, 3.05) is 13.2 Å². The smallest absolute Gasteiger partial charge is 0.436 e. The number of amides is 3. The molecular formula is C13H16N2O6. The minimum Gasteiger partial charge on any atom is -0.508 e. The molecule has 0 bridgehead atoms. The van der Waals surface area contributed by atoms with Crippen LogP contribution in [0.5, 0.6) is 5.75 Å². The highest BCUT2D eigenvalue weighted by Crippen LogP contribution is 2.11. The Hall–Kier alpha value is -2.77. The third kappa shape index (κ3) is 4.68. The quantitative estimate of drug-likeness (QED) is 0.822. The third-order valence-electron chi connectivity index (χ3n) is 2.25. The summed E-state index contributed by atoms with van der Waals surface area (Å²) in [6.07, 6.45) is -2.00. The van der Waals surface area contributed by atoms with Crippen molar-refractivity contribution in [3.63, 3.8) is 0 Å². The molecular weight excluding hydrogens is 280 g/mol. The molecule has 1 rings (SSSR count). The van der Waals surface area contributed by atoms with Gasteiger partial charge in [0.25, 0.3) is 5.91 Å². The number of hydrazine groups is 1. The van der Waals surface area contributed by atoms with Gasteiger partial charge in [-0.2, -0.15) is 0 Å². The lowest BCUT2D eigenvalue weighted by Crippen LogP contribution is -2.50. The van der Waals surface area contributed by atoms with Gasteiger partial charge in [-0.15, -0.1) is 5.01 Å². The molecule has 0 unspecified atom stereocenters. The first-order valence-electron chi connectivity index (χ1n) is 6.23. The molecule has 0 heterocycles. The van der Waals surface area contributed by atoms with E-state index < -0.39 is 18.1 Å². The second-order valence-corrected chi connectivity index (χ2v) is 3.72. The normalized spacial score (nSPS) is 9.62. The number of ether oxygens (including phenoxy) is 2. The van der Waals surface area contributed by atoms with E-state index in [4.69, 9.17) is 4.74 Å². The van der Waals surface area contributed by atoms with E-state index >= 15 is 0 Å². The van der Waals surface area contributed by atoms with Gasteiger partial charge in [0.2, 0.25) is 0 Å². The molecule has 114 valence electrons. The molecule has 0 atom stereocenters. The van der Waals surface area contributed by atoms with Gasteiger partial charge in [-0.05, 0) is 38.1 Å². The van der Waals surface area contributed by atoms with Crippen molar-refractivity contribution in [1.82, 2.24) is 10.4 Å². The van der Waals surface area contributed by atoms with Crippen molar-refractivity contribution in [3.8, 4) is 5.75 Å². The fourth-order valence-corrected chi connectivity index (χ4v) is 1.36. The van der Waals surface area contributed by atoms with Crippen LogP contribution in [0.3, 0.4) is 0 Å². The zero-order valence-corrected chi connectivity index (χ0v) is 11.7. The summed E-state index contributed by atoms with van der Waals surface area (Å²) in [5, 5.41) is 9.59. The monoisotopic (exact) mass is 296 g/mol. The predicted octanol–water partition coefficient (Wildman–Crippen LogP) is 1.65. The molecule has 0 aliphatic carbocycles. The predicted molar refractivity (Wildman–Crippen MR) is 71.5 cm³/mol. The number of hydrogen-bond donors (Lipinski definition) is 2. The van der Waals surface area contributed by atoms with Crippen molar-refractivity contribution in [3.05, 3.63) is 29.8 Å². The van der Waals surface area contributed by atoms with E-state index in [2.05, 4.69) is 4.74 Å². The zero-order valence-electron chi connectivity index (χ0n) is 11.7. The highest BCUT2D eigenvalue weighted by molar-refractivity contribution is 6.03. The number of nitrogens with one attached hydrogen (secondary N) is 1. The number of phenolic OH excluding ortho intramolecular Hbond substituents is 1. The first-order valence-corrected chi connectivity index (χ1v) is 6.23. The molecule has 21 heavy (non-hydrogen) atoms.